The van der Waals surface area contributed by atoms with Crippen molar-refractivity contribution in [2.24, 2.45) is 0 Å². The minimum atomic E-state index is 0.351. The fourth-order valence-electron chi connectivity index (χ4n) is 5.76. The molecular weight excluding hydrogens is 501 g/mol. The zero-order chi connectivity index (χ0) is 27.9. The van der Waals surface area contributed by atoms with Crippen LogP contribution in [0.1, 0.15) is 194 Å². The molecule has 0 bridgehead atoms. The average molecular weight is 571 g/mol. The van der Waals surface area contributed by atoms with Crippen LogP contribution in [-0.4, -0.2) is 28.8 Å². The SMILES string of the molecule is CCCCCCCCC(SC)C(CCCCCCCCCCCCCCCCCCCCCC(C)=O)SC. The van der Waals surface area contributed by atoms with Crippen molar-refractivity contribution in [1.29, 1.82) is 0 Å². The molecule has 0 radical (unpaired) electrons. The summed E-state index contributed by atoms with van der Waals surface area (Å²) < 4.78 is 0. The average Bonchev–Trinajstić information content (AvgIpc) is 2.91. The van der Waals surface area contributed by atoms with Crippen LogP contribution < -0.4 is 0 Å². The Balaban J connectivity index is 3.39. The van der Waals surface area contributed by atoms with E-state index in [0.29, 0.717) is 5.78 Å². The minimum absolute atomic E-state index is 0.351. The lowest BCUT2D eigenvalue weighted by atomic mass is 10.0. The number of unbranched alkanes of at least 4 members (excludes halogenated alkanes) is 23. The molecule has 2 atom stereocenters. The maximum Gasteiger partial charge on any atom is 0.129 e. The van der Waals surface area contributed by atoms with Gasteiger partial charge in [0, 0.05) is 16.9 Å². The number of hydrogen-bond acceptors (Lipinski definition) is 3. The van der Waals surface area contributed by atoms with Gasteiger partial charge in [-0.1, -0.05) is 161 Å². The van der Waals surface area contributed by atoms with Gasteiger partial charge in [0.15, 0.2) is 0 Å². The van der Waals surface area contributed by atoms with Gasteiger partial charge in [0.1, 0.15) is 5.78 Å². The normalized spacial score (nSPS) is 13.2. The number of hydrogen-bond donors (Lipinski definition) is 0. The van der Waals surface area contributed by atoms with Crippen LogP contribution in [0, 0.1) is 0 Å². The molecule has 0 saturated carbocycles. The molecule has 0 rings (SSSR count). The van der Waals surface area contributed by atoms with E-state index in [9.17, 15) is 4.79 Å². The van der Waals surface area contributed by atoms with Crippen molar-refractivity contribution in [3.8, 4) is 0 Å². The van der Waals surface area contributed by atoms with Gasteiger partial charge in [0.25, 0.3) is 0 Å². The highest BCUT2D eigenvalue weighted by molar-refractivity contribution is 8.03. The molecule has 0 aliphatic carbocycles. The molecule has 0 aromatic carbocycles. The fraction of sp³-hybridized carbons (Fsp3) is 0.971. The van der Waals surface area contributed by atoms with E-state index < -0.39 is 0 Å². The number of carbonyl (C=O) groups is 1. The summed E-state index contributed by atoms with van der Waals surface area (Å²) in [5, 5.41) is 1.74. The first-order valence-electron chi connectivity index (χ1n) is 17.2. The van der Waals surface area contributed by atoms with E-state index in [-0.39, 0.29) is 0 Å². The third-order valence-corrected chi connectivity index (χ3v) is 10.9. The van der Waals surface area contributed by atoms with E-state index in [4.69, 9.17) is 0 Å². The van der Waals surface area contributed by atoms with Gasteiger partial charge in [-0.15, -0.1) is 0 Å². The highest BCUT2D eigenvalue weighted by atomic mass is 32.2. The van der Waals surface area contributed by atoms with Crippen molar-refractivity contribution in [1.82, 2.24) is 0 Å². The lowest BCUT2D eigenvalue weighted by molar-refractivity contribution is -0.117. The first-order chi connectivity index (χ1) is 18.7. The summed E-state index contributed by atoms with van der Waals surface area (Å²) in [5.41, 5.74) is 0. The second kappa shape index (κ2) is 31.9. The van der Waals surface area contributed by atoms with Gasteiger partial charge in [0.2, 0.25) is 0 Å². The molecule has 2 unspecified atom stereocenters. The highest BCUT2D eigenvalue weighted by Gasteiger charge is 2.19. The van der Waals surface area contributed by atoms with Gasteiger partial charge in [-0.3, -0.25) is 0 Å². The summed E-state index contributed by atoms with van der Waals surface area (Å²) in [6, 6.07) is 0. The molecule has 1 nitrogen and oxygen atoms in total. The Kier molecular flexibility index (Phi) is 32.2. The van der Waals surface area contributed by atoms with Crippen molar-refractivity contribution >= 4 is 29.3 Å². The molecular formula is C35H70OS2. The topological polar surface area (TPSA) is 17.1 Å². The van der Waals surface area contributed by atoms with E-state index in [1.54, 1.807) is 6.92 Å². The van der Waals surface area contributed by atoms with Gasteiger partial charge < -0.3 is 4.79 Å². The molecule has 0 heterocycles. The maximum atomic E-state index is 10.9. The summed E-state index contributed by atoms with van der Waals surface area (Å²) >= 11 is 4.27. The summed E-state index contributed by atoms with van der Waals surface area (Å²) in [5.74, 6) is 0.351. The Morgan fingerprint density at radius 2 is 0.711 bits per heavy atom. The summed E-state index contributed by atoms with van der Waals surface area (Å²) in [6.45, 7) is 4.02. The Morgan fingerprint density at radius 3 is 0.974 bits per heavy atom. The molecule has 0 aliphatic heterocycles. The molecule has 228 valence electrons. The second-order valence-electron chi connectivity index (χ2n) is 12.1. The lowest BCUT2D eigenvalue weighted by Crippen LogP contribution is -2.19. The molecule has 0 N–H and O–H groups in total. The predicted molar refractivity (Wildman–Crippen MR) is 180 cm³/mol. The largest absolute Gasteiger partial charge is 0.300 e. The Labute approximate surface area is 250 Å². The van der Waals surface area contributed by atoms with Crippen LogP contribution in [0.25, 0.3) is 0 Å². The quantitative estimate of drug-likeness (QED) is 0.0749. The maximum absolute atomic E-state index is 10.9. The number of carbonyl (C=O) groups excluding carboxylic acids is 1. The number of rotatable bonds is 32. The van der Waals surface area contributed by atoms with Crippen LogP contribution in [0.15, 0.2) is 0 Å². The smallest absolute Gasteiger partial charge is 0.129 e. The van der Waals surface area contributed by atoms with Gasteiger partial charge in [-0.2, -0.15) is 23.5 Å². The summed E-state index contributed by atoms with van der Waals surface area (Å²) in [7, 11) is 0. The first kappa shape index (κ1) is 38.4. The molecule has 0 saturated heterocycles. The second-order valence-corrected chi connectivity index (χ2v) is 14.2. The van der Waals surface area contributed by atoms with Crippen LogP contribution in [0.4, 0.5) is 0 Å². The van der Waals surface area contributed by atoms with E-state index in [0.717, 1.165) is 23.3 Å². The third-order valence-electron chi connectivity index (χ3n) is 8.38. The molecule has 0 aliphatic rings. The van der Waals surface area contributed by atoms with Crippen molar-refractivity contribution in [2.45, 2.75) is 204 Å². The number of Topliss-reactive ketones (excluding diaryl/α,β-unsaturated/α-hetero) is 1. The van der Waals surface area contributed by atoms with Crippen molar-refractivity contribution in [2.75, 3.05) is 12.5 Å². The van der Waals surface area contributed by atoms with Crippen LogP contribution in [-0.2, 0) is 4.79 Å². The summed E-state index contributed by atoms with van der Waals surface area (Å²) in [4.78, 5) is 10.9. The molecule has 0 fully saturated rings. The molecule has 0 spiro atoms. The minimum Gasteiger partial charge on any atom is -0.300 e. The van der Waals surface area contributed by atoms with E-state index in [2.05, 4.69) is 43.0 Å². The van der Waals surface area contributed by atoms with Gasteiger partial charge in [-0.05, 0) is 38.7 Å². The zero-order valence-corrected chi connectivity index (χ0v) is 28.3. The van der Waals surface area contributed by atoms with Crippen LogP contribution >= 0.6 is 23.5 Å². The molecule has 38 heavy (non-hydrogen) atoms. The molecule has 0 aromatic rings. The monoisotopic (exact) mass is 570 g/mol. The molecule has 3 heteroatoms. The van der Waals surface area contributed by atoms with E-state index in [1.807, 2.05) is 0 Å². The van der Waals surface area contributed by atoms with Crippen LogP contribution in [0.2, 0.25) is 0 Å². The zero-order valence-electron chi connectivity index (χ0n) is 26.7. The predicted octanol–water partition coefficient (Wildman–Crippen LogP) is 13.0. The Hall–Kier alpha value is 0.370. The lowest BCUT2D eigenvalue weighted by Gasteiger charge is -2.24. The highest BCUT2D eigenvalue weighted by Crippen LogP contribution is 2.30. The van der Waals surface area contributed by atoms with E-state index in [1.165, 1.54) is 167 Å². The first-order valence-corrected chi connectivity index (χ1v) is 19.8. The molecule has 0 amide bonds. The number of ketones is 1. The fourth-order valence-corrected chi connectivity index (χ4v) is 8.11. The standard InChI is InChI=1S/C35H70OS2/c1-5-6-7-8-25-28-31-34(37-3)35(38-4)32-29-26-23-21-19-17-15-13-11-9-10-12-14-16-18-20-22-24-27-30-33(2)36/h34-35H,5-32H2,1-4H3. The number of thioether (sulfide) groups is 2. The van der Waals surface area contributed by atoms with Crippen LogP contribution in [0.3, 0.4) is 0 Å². The Morgan fingerprint density at radius 1 is 0.447 bits per heavy atom. The Bertz CT molecular complexity index is 467. The van der Waals surface area contributed by atoms with Gasteiger partial charge in [-0.25, -0.2) is 0 Å². The van der Waals surface area contributed by atoms with E-state index >= 15 is 0 Å². The van der Waals surface area contributed by atoms with Gasteiger partial charge >= 0.3 is 0 Å². The summed E-state index contributed by atoms with van der Waals surface area (Å²) in [6.07, 6.45) is 43.7. The molecule has 0 aromatic heterocycles. The van der Waals surface area contributed by atoms with Crippen molar-refractivity contribution < 1.29 is 4.79 Å². The van der Waals surface area contributed by atoms with Crippen molar-refractivity contribution in [3.63, 3.8) is 0 Å². The third kappa shape index (κ3) is 27.9. The van der Waals surface area contributed by atoms with Crippen molar-refractivity contribution in [3.05, 3.63) is 0 Å². The van der Waals surface area contributed by atoms with Crippen LogP contribution in [0.5, 0.6) is 0 Å². The van der Waals surface area contributed by atoms with Gasteiger partial charge in [0.05, 0.1) is 0 Å².